The minimum atomic E-state index is -0.431. The van der Waals surface area contributed by atoms with Crippen molar-refractivity contribution in [1.29, 1.82) is 0 Å². The van der Waals surface area contributed by atoms with Crippen molar-refractivity contribution in [2.24, 2.45) is 5.73 Å². The Morgan fingerprint density at radius 2 is 2.05 bits per heavy atom. The maximum Gasteiger partial charge on any atom is 0.276 e. The third-order valence-electron chi connectivity index (χ3n) is 3.05. The molecule has 0 aliphatic carbocycles. The number of benzene rings is 2. The van der Waals surface area contributed by atoms with Gasteiger partial charge in [0.2, 0.25) is 0 Å². The third-order valence-corrected chi connectivity index (χ3v) is 3.35. The predicted octanol–water partition coefficient (Wildman–Crippen LogP) is 3.85. The molecule has 0 heterocycles. The van der Waals surface area contributed by atoms with Gasteiger partial charge in [-0.15, -0.1) is 0 Å². The predicted molar refractivity (Wildman–Crippen MR) is 81.5 cm³/mol. The van der Waals surface area contributed by atoms with Gasteiger partial charge in [0.1, 0.15) is 12.4 Å². The fourth-order valence-corrected chi connectivity index (χ4v) is 2.13. The minimum absolute atomic E-state index is 0.0285. The van der Waals surface area contributed by atoms with Crippen LogP contribution in [0.4, 0.5) is 5.69 Å². The van der Waals surface area contributed by atoms with E-state index >= 15 is 0 Å². The van der Waals surface area contributed by atoms with Crippen LogP contribution in [0.15, 0.2) is 42.5 Å². The molecule has 0 aliphatic rings. The standard InChI is InChI=1S/C15H15ClN2O3/c1-10(17)11-6-7-15(13(16)8-11)21-9-12-4-2-3-5-14(12)18(19)20/h2-8,10H,9,17H2,1H3/t10-/m0/s1. The number of nitrogens with two attached hydrogens (primary N) is 1. The lowest BCUT2D eigenvalue weighted by Gasteiger charge is -2.11. The van der Waals surface area contributed by atoms with Gasteiger partial charge in [-0.1, -0.05) is 29.8 Å². The maximum atomic E-state index is 10.9. The highest BCUT2D eigenvalue weighted by Crippen LogP contribution is 2.29. The molecule has 0 saturated carbocycles. The Bertz CT molecular complexity index is 659. The second-order valence-electron chi connectivity index (χ2n) is 4.65. The lowest BCUT2D eigenvalue weighted by Crippen LogP contribution is -2.05. The molecule has 1 atom stereocenters. The van der Waals surface area contributed by atoms with Crippen molar-refractivity contribution in [2.45, 2.75) is 19.6 Å². The highest BCUT2D eigenvalue weighted by molar-refractivity contribution is 6.32. The first-order valence-corrected chi connectivity index (χ1v) is 6.77. The van der Waals surface area contributed by atoms with Crippen LogP contribution in [-0.2, 0) is 6.61 Å². The molecule has 6 heteroatoms. The molecule has 0 unspecified atom stereocenters. The molecule has 2 rings (SSSR count). The number of rotatable bonds is 5. The van der Waals surface area contributed by atoms with E-state index in [1.807, 2.05) is 13.0 Å². The summed E-state index contributed by atoms with van der Waals surface area (Å²) in [5.41, 5.74) is 7.20. The number of nitrogens with zero attached hydrogens (tertiary/aromatic N) is 1. The lowest BCUT2D eigenvalue weighted by molar-refractivity contribution is -0.385. The molecule has 21 heavy (non-hydrogen) atoms. The zero-order chi connectivity index (χ0) is 15.4. The monoisotopic (exact) mass is 306 g/mol. The average Bonchev–Trinajstić information content (AvgIpc) is 2.46. The summed E-state index contributed by atoms with van der Waals surface area (Å²) in [6.07, 6.45) is 0. The quantitative estimate of drug-likeness (QED) is 0.672. The Balaban J connectivity index is 2.15. The van der Waals surface area contributed by atoms with Gasteiger partial charge in [-0.25, -0.2) is 0 Å². The van der Waals surface area contributed by atoms with Gasteiger partial charge < -0.3 is 10.5 Å². The first-order valence-electron chi connectivity index (χ1n) is 6.39. The minimum Gasteiger partial charge on any atom is -0.487 e. The molecule has 2 aromatic rings. The highest BCUT2D eigenvalue weighted by Gasteiger charge is 2.13. The van der Waals surface area contributed by atoms with Gasteiger partial charge >= 0.3 is 0 Å². The van der Waals surface area contributed by atoms with Crippen molar-refractivity contribution >= 4 is 17.3 Å². The Kier molecular flexibility index (Phi) is 4.77. The number of para-hydroxylation sites is 1. The molecule has 0 aliphatic heterocycles. The summed E-state index contributed by atoms with van der Waals surface area (Å²) in [4.78, 5) is 10.5. The van der Waals surface area contributed by atoms with E-state index in [1.165, 1.54) is 6.07 Å². The zero-order valence-electron chi connectivity index (χ0n) is 11.5. The van der Waals surface area contributed by atoms with E-state index in [0.29, 0.717) is 16.3 Å². The summed E-state index contributed by atoms with van der Waals surface area (Å²) in [5, 5.41) is 11.4. The smallest absolute Gasteiger partial charge is 0.276 e. The van der Waals surface area contributed by atoms with Crippen molar-refractivity contribution in [3.05, 3.63) is 68.7 Å². The molecule has 0 radical (unpaired) electrons. The maximum absolute atomic E-state index is 10.9. The molecular formula is C15H15ClN2O3. The molecule has 0 spiro atoms. The van der Waals surface area contributed by atoms with Crippen LogP contribution in [0.5, 0.6) is 5.75 Å². The zero-order valence-corrected chi connectivity index (χ0v) is 12.2. The van der Waals surface area contributed by atoms with E-state index in [0.717, 1.165) is 5.56 Å². The molecule has 5 nitrogen and oxygen atoms in total. The summed E-state index contributed by atoms with van der Waals surface area (Å²) in [6, 6.07) is 11.6. The van der Waals surface area contributed by atoms with Crippen molar-refractivity contribution in [1.82, 2.24) is 0 Å². The summed E-state index contributed by atoms with van der Waals surface area (Å²) < 4.78 is 5.57. The normalized spacial score (nSPS) is 12.0. The third kappa shape index (κ3) is 3.71. The van der Waals surface area contributed by atoms with E-state index in [2.05, 4.69) is 0 Å². The van der Waals surface area contributed by atoms with Crippen LogP contribution in [0.1, 0.15) is 24.1 Å². The number of ether oxygens (including phenoxy) is 1. The first-order chi connectivity index (χ1) is 9.99. The Morgan fingerprint density at radius 1 is 1.33 bits per heavy atom. The van der Waals surface area contributed by atoms with Crippen LogP contribution < -0.4 is 10.5 Å². The molecule has 0 saturated heterocycles. The molecule has 0 bridgehead atoms. The van der Waals surface area contributed by atoms with Crippen molar-refractivity contribution in [3.8, 4) is 5.75 Å². The number of halogens is 1. The Hall–Kier alpha value is -2.11. The average molecular weight is 307 g/mol. The fraction of sp³-hybridized carbons (Fsp3) is 0.200. The van der Waals surface area contributed by atoms with E-state index in [1.54, 1.807) is 30.3 Å². The first kappa shape index (κ1) is 15.3. The van der Waals surface area contributed by atoms with Crippen LogP contribution in [0.2, 0.25) is 5.02 Å². The van der Waals surface area contributed by atoms with Gasteiger partial charge in [0, 0.05) is 12.1 Å². The second-order valence-corrected chi connectivity index (χ2v) is 5.06. The Labute approximate surface area is 127 Å². The van der Waals surface area contributed by atoms with E-state index in [4.69, 9.17) is 22.1 Å². The summed E-state index contributed by atoms with van der Waals surface area (Å²) in [5.74, 6) is 0.471. The molecule has 0 aromatic heterocycles. The highest BCUT2D eigenvalue weighted by atomic mass is 35.5. The van der Waals surface area contributed by atoms with Crippen molar-refractivity contribution in [2.75, 3.05) is 0 Å². The fourth-order valence-electron chi connectivity index (χ4n) is 1.88. The molecule has 0 amide bonds. The van der Waals surface area contributed by atoms with Crippen molar-refractivity contribution in [3.63, 3.8) is 0 Å². The van der Waals surface area contributed by atoms with Crippen molar-refractivity contribution < 1.29 is 9.66 Å². The van der Waals surface area contributed by atoms with Gasteiger partial charge in [-0.05, 0) is 30.7 Å². The molecule has 0 fully saturated rings. The van der Waals surface area contributed by atoms with Crippen LogP contribution in [-0.4, -0.2) is 4.92 Å². The summed E-state index contributed by atoms with van der Waals surface area (Å²) in [6.45, 7) is 1.94. The molecule has 2 N–H and O–H groups in total. The number of hydrogen-bond acceptors (Lipinski definition) is 4. The van der Waals surface area contributed by atoms with Crippen LogP contribution >= 0.6 is 11.6 Å². The number of nitro groups is 1. The van der Waals surface area contributed by atoms with E-state index < -0.39 is 4.92 Å². The summed E-state index contributed by atoms with van der Waals surface area (Å²) >= 11 is 6.13. The molecule has 2 aromatic carbocycles. The lowest BCUT2D eigenvalue weighted by atomic mass is 10.1. The van der Waals surface area contributed by atoms with Crippen LogP contribution in [0.25, 0.3) is 0 Å². The molecular weight excluding hydrogens is 292 g/mol. The van der Waals surface area contributed by atoms with Gasteiger partial charge in [-0.3, -0.25) is 10.1 Å². The second kappa shape index (κ2) is 6.56. The van der Waals surface area contributed by atoms with E-state index in [-0.39, 0.29) is 18.3 Å². The topological polar surface area (TPSA) is 78.4 Å². The van der Waals surface area contributed by atoms with E-state index in [9.17, 15) is 10.1 Å². The number of nitro benzene ring substituents is 1. The van der Waals surface area contributed by atoms with Gasteiger partial charge in [-0.2, -0.15) is 0 Å². The van der Waals surface area contributed by atoms with Crippen LogP contribution in [0, 0.1) is 10.1 Å². The SMILES string of the molecule is C[C@H](N)c1ccc(OCc2ccccc2[N+](=O)[O-])c(Cl)c1. The number of hydrogen-bond donors (Lipinski definition) is 1. The van der Waals surface area contributed by atoms with Gasteiger partial charge in [0.15, 0.2) is 0 Å². The van der Waals surface area contributed by atoms with Crippen LogP contribution in [0.3, 0.4) is 0 Å². The van der Waals surface area contributed by atoms with Gasteiger partial charge in [0.05, 0.1) is 15.5 Å². The Morgan fingerprint density at radius 3 is 2.67 bits per heavy atom. The van der Waals surface area contributed by atoms with Gasteiger partial charge in [0.25, 0.3) is 5.69 Å². The largest absolute Gasteiger partial charge is 0.487 e. The summed E-state index contributed by atoms with van der Waals surface area (Å²) in [7, 11) is 0. The molecule has 110 valence electrons.